The van der Waals surface area contributed by atoms with Crippen LogP contribution in [0.2, 0.25) is 0 Å². The molecule has 5 heterocycles. The zero-order chi connectivity index (χ0) is 45.5. The van der Waals surface area contributed by atoms with Crippen LogP contribution < -0.4 is 10.1 Å². The topological polar surface area (TPSA) is 205 Å². The van der Waals surface area contributed by atoms with Crippen molar-refractivity contribution in [2.45, 2.75) is 63.1 Å². The van der Waals surface area contributed by atoms with Crippen LogP contribution >= 0.6 is 0 Å². The molecular formula is C48H52N8O9. The SMILES string of the molecule is COC[C@H]1C[C@@H](c2nc3c(ccc4cc5c(cc43)OCc3cc(-c4cnc([C@@H]6CCCN6C(=O)[C@@H](NC(=O)OC)[C@@H](C)OC)[nH]4)ccc3-5)[nH]2)N(C(=O)[C@@H](c2ccccc2)N(C)C(=O)O)C1. The molecule has 2 aromatic heterocycles. The highest BCUT2D eigenvalue weighted by atomic mass is 16.5. The predicted molar refractivity (Wildman–Crippen MR) is 240 cm³/mol. The molecule has 65 heavy (non-hydrogen) atoms. The van der Waals surface area contributed by atoms with Crippen molar-refractivity contribution in [2.75, 3.05) is 48.1 Å². The number of H-pyrrole nitrogens is 2. The van der Waals surface area contributed by atoms with E-state index in [0.717, 1.165) is 73.2 Å². The summed E-state index contributed by atoms with van der Waals surface area (Å²) in [5.41, 5.74) is 6.88. The Hall–Kier alpha value is -6.98. The van der Waals surface area contributed by atoms with Crippen molar-refractivity contribution in [2.24, 2.45) is 5.92 Å². The van der Waals surface area contributed by atoms with Gasteiger partial charge in [-0.1, -0.05) is 48.5 Å². The van der Waals surface area contributed by atoms with Gasteiger partial charge in [0.2, 0.25) is 5.91 Å². The zero-order valence-electron chi connectivity index (χ0n) is 36.9. The standard InChI is InChI=1S/C48H52N8O9/c1-26(63-4)40(53-47(59)64-5)45(57)55-17-9-12-37(55)43-49-22-36(51-43)30-13-15-32-31(19-30)25-65-39-21-33-29(20-34(32)39)14-16-35-41(33)52-44(50-35)38-18-27(24-62-3)23-56(38)46(58)42(54(2)48(60)61)28-10-7-6-8-11-28/h6-8,10-11,13-16,19-22,26-27,37-38,40,42H,9,12,17-18,23-25H2,1-5H3,(H,49,51)(H,50,52)(H,53,59)(H,60,61)/t26-,27+,37+,38+,40+,42-/m1/s1. The number of likely N-dealkylation sites (N-methyl/N-ethyl adjacent to an activating group) is 1. The fourth-order valence-corrected chi connectivity index (χ4v) is 9.70. The molecule has 4 amide bonds. The number of nitrogens with zero attached hydrogens (tertiary/aromatic N) is 5. The van der Waals surface area contributed by atoms with Crippen molar-refractivity contribution in [3.63, 3.8) is 0 Å². The summed E-state index contributed by atoms with van der Waals surface area (Å²) < 4.78 is 22.2. The van der Waals surface area contributed by atoms with Crippen molar-refractivity contribution < 1.29 is 43.2 Å². The number of carboxylic acid groups (broad SMARTS) is 1. The Balaban J connectivity index is 0.979. The highest BCUT2D eigenvalue weighted by Gasteiger charge is 2.43. The maximum absolute atomic E-state index is 14.5. The maximum atomic E-state index is 14.5. The van der Waals surface area contributed by atoms with E-state index in [1.54, 1.807) is 54.3 Å². The van der Waals surface area contributed by atoms with Crippen LogP contribution in [0.1, 0.15) is 67.1 Å². The summed E-state index contributed by atoms with van der Waals surface area (Å²) in [6.45, 7) is 3.43. The van der Waals surface area contributed by atoms with Crippen LogP contribution in [-0.2, 0) is 30.4 Å². The highest BCUT2D eigenvalue weighted by molar-refractivity contribution is 6.07. The lowest BCUT2D eigenvalue weighted by Crippen LogP contribution is -2.54. The van der Waals surface area contributed by atoms with Crippen molar-refractivity contribution in [1.82, 2.24) is 40.0 Å². The molecule has 0 saturated carbocycles. The number of hydrogen-bond donors (Lipinski definition) is 4. The van der Waals surface area contributed by atoms with E-state index in [9.17, 15) is 24.3 Å². The van der Waals surface area contributed by atoms with Crippen LogP contribution in [0.5, 0.6) is 5.75 Å². The van der Waals surface area contributed by atoms with E-state index < -0.39 is 36.4 Å². The monoisotopic (exact) mass is 884 g/mol. The number of benzene rings is 4. The van der Waals surface area contributed by atoms with Crippen LogP contribution in [0.15, 0.2) is 79.0 Å². The second kappa shape index (κ2) is 17.9. The van der Waals surface area contributed by atoms with Gasteiger partial charge >= 0.3 is 12.2 Å². The van der Waals surface area contributed by atoms with Gasteiger partial charge in [0.05, 0.1) is 54.8 Å². The highest BCUT2D eigenvalue weighted by Crippen LogP contribution is 2.44. The number of hydrogen-bond acceptors (Lipinski definition) is 10. The van der Waals surface area contributed by atoms with Crippen LogP contribution in [0.25, 0.3) is 44.2 Å². The van der Waals surface area contributed by atoms with Crippen LogP contribution in [0, 0.1) is 5.92 Å². The van der Waals surface area contributed by atoms with Gasteiger partial charge in [-0.05, 0) is 78.1 Å². The maximum Gasteiger partial charge on any atom is 0.407 e. The van der Waals surface area contributed by atoms with Crippen molar-refractivity contribution in [1.29, 1.82) is 0 Å². The zero-order valence-corrected chi connectivity index (χ0v) is 36.9. The number of imidazole rings is 2. The number of aromatic nitrogens is 4. The molecule has 0 unspecified atom stereocenters. The molecule has 17 heteroatoms. The number of aromatic amines is 2. The first-order chi connectivity index (χ1) is 31.5. The molecule has 338 valence electrons. The molecule has 0 radical (unpaired) electrons. The molecule has 2 saturated heterocycles. The fraction of sp³-hybridized carbons (Fsp3) is 0.375. The molecule has 17 nitrogen and oxygen atoms in total. The van der Waals surface area contributed by atoms with Crippen LogP contribution in [0.4, 0.5) is 9.59 Å². The average Bonchev–Trinajstić information content (AvgIpc) is 4.16. The molecule has 0 aliphatic carbocycles. The van der Waals surface area contributed by atoms with E-state index in [0.29, 0.717) is 49.9 Å². The average molecular weight is 885 g/mol. The summed E-state index contributed by atoms with van der Waals surface area (Å²) >= 11 is 0. The quantitative estimate of drug-likeness (QED) is 0.0988. The second-order valence-corrected chi connectivity index (χ2v) is 17.0. The van der Waals surface area contributed by atoms with Gasteiger partial charge in [0.25, 0.3) is 5.91 Å². The van der Waals surface area contributed by atoms with Gasteiger partial charge in [-0.15, -0.1) is 0 Å². The first-order valence-corrected chi connectivity index (χ1v) is 21.7. The van der Waals surface area contributed by atoms with E-state index in [1.807, 2.05) is 24.3 Å². The third kappa shape index (κ3) is 8.10. The Morgan fingerprint density at radius 1 is 0.954 bits per heavy atom. The summed E-state index contributed by atoms with van der Waals surface area (Å²) in [7, 11) is 5.81. The third-order valence-corrected chi connectivity index (χ3v) is 13.1. The van der Waals surface area contributed by atoms with Crippen molar-refractivity contribution >= 4 is 45.8 Å². The fourth-order valence-electron chi connectivity index (χ4n) is 9.70. The second-order valence-electron chi connectivity index (χ2n) is 17.0. The lowest BCUT2D eigenvalue weighted by atomic mass is 9.92. The molecule has 4 aromatic carbocycles. The molecular weight excluding hydrogens is 833 g/mol. The van der Waals surface area contributed by atoms with Gasteiger partial charge in [0.1, 0.15) is 36.1 Å². The van der Waals surface area contributed by atoms with Gasteiger partial charge < -0.3 is 49.1 Å². The number of carbonyl (C=O) groups is 4. The molecule has 3 aliphatic rings. The van der Waals surface area contributed by atoms with Gasteiger partial charge in [0.15, 0.2) is 0 Å². The molecule has 0 spiro atoms. The molecule has 6 atom stereocenters. The van der Waals surface area contributed by atoms with Gasteiger partial charge in [0, 0.05) is 51.2 Å². The Labute approximate surface area is 375 Å². The lowest BCUT2D eigenvalue weighted by Gasteiger charge is -2.32. The number of likely N-dealkylation sites (tertiary alicyclic amines) is 2. The first kappa shape index (κ1) is 43.3. The largest absolute Gasteiger partial charge is 0.488 e. The third-order valence-electron chi connectivity index (χ3n) is 13.1. The molecule has 2 fully saturated rings. The minimum absolute atomic E-state index is 0.0247. The number of amides is 4. The van der Waals surface area contributed by atoms with E-state index in [1.165, 1.54) is 21.3 Å². The number of methoxy groups -OCH3 is 3. The number of alkyl carbamates (subject to hydrolysis) is 1. The van der Waals surface area contributed by atoms with Gasteiger partial charge in [-0.3, -0.25) is 14.5 Å². The Morgan fingerprint density at radius 3 is 2.52 bits per heavy atom. The summed E-state index contributed by atoms with van der Waals surface area (Å²) in [6, 6.07) is 20.7. The van der Waals surface area contributed by atoms with Gasteiger partial charge in [-0.25, -0.2) is 19.6 Å². The molecule has 6 aromatic rings. The summed E-state index contributed by atoms with van der Waals surface area (Å²) in [5.74, 6) is 1.45. The van der Waals surface area contributed by atoms with E-state index in [-0.39, 0.29) is 23.8 Å². The van der Waals surface area contributed by atoms with Crippen LogP contribution in [-0.4, -0.2) is 124 Å². The number of carbonyl (C=O) groups excluding carboxylic acids is 3. The Kier molecular flexibility index (Phi) is 11.9. The summed E-state index contributed by atoms with van der Waals surface area (Å²) in [4.78, 5) is 74.0. The number of fused-ring (bicyclic) bond motifs is 6. The smallest absolute Gasteiger partial charge is 0.407 e. The molecule has 9 rings (SSSR count). The Bertz CT molecular complexity index is 2770. The number of ether oxygens (including phenoxy) is 4. The van der Waals surface area contributed by atoms with E-state index in [4.69, 9.17) is 28.9 Å². The molecule has 3 aliphatic heterocycles. The minimum atomic E-state index is -1.20. The number of nitrogens with one attached hydrogen (secondary N) is 3. The number of rotatable bonds is 12. The Morgan fingerprint density at radius 2 is 1.77 bits per heavy atom. The van der Waals surface area contributed by atoms with E-state index in [2.05, 4.69) is 39.6 Å². The van der Waals surface area contributed by atoms with Crippen LogP contribution in [0.3, 0.4) is 0 Å². The van der Waals surface area contributed by atoms with Crippen molar-refractivity contribution in [3.05, 3.63) is 102 Å². The van der Waals surface area contributed by atoms with Crippen molar-refractivity contribution in [3.8, 4) is 28.1 Å². The molecule has 4 N–H and O–H groups in total. The first-order valence-electron chi connectivity index (χ1n) is 21.7. The molecule has 0 bridgehead atoms. The predicted octanol–water partition coefficient (Wildman–Crippen LogP) is 6.98. The summed E-state index contributed by atoms with van der Waals surface area (Å²) in [5, 5.41) is 14.5. The lowest BCUT2D eigenvalue weighted by molar-refractivity contribution is -0.138. The normalized spacial score (nSPS) is 19.3. The van der Waals surface area contributed by atoms with Gasteiger partial charge in [-0.2, -0.15) is 0 Å². The summed E-state index contributed by atoms with van der Waals surface area (Å²) in [6.07, 6.45) is 1.40. The minimum Gasteiger partial charge on any atom is -0.488 e. The van der Waals surface area contributed by atoms with E-state index >= 15 is 0 Å².